The van der Waals surface area contributed by atoms with Crippen LogP contribution >= 0.6 is 11.6 Å². The number of rotatable bonds is 2. The molecule has 0 aromatic carbocycles. The molecule has 0 bridgehead atoms. The van der Waals surface area contributed by atoms with Gasteiger partial charge in [-0.1, -0.05) is 11.6 Å². The summed E-state index contributed by atoms with van der Waals surface area (Å²) in [7, 11) is 2.05. The Morgan fingerprint density at radius 2 is 2.00 bits per heavy atom. The van der Waals surface area contributed by atoms with Crippen LogP contribution in [0.1, 0.15) is 0 Å². The minimum atomic E-state index is -0.581. The molecule has 0 fully saturated rings. The fraction of sp³-hybridized carbons (Fsp3) is 0.286. The van der Waals surface area contributed by atoms with Crippen molar-refractivity contribution in [3.63, 3.8) is 0 Å². The van der Waals surface area contributed by atoms with Crippen LogP contribution in [0.5, 0.6) is 5.88 Å². The predicted octanol–water partition coefficient (Wildman–Crippen LogP) is -2.37. The maximum Gasteiger partial charge on any atom is 1.00 e. The van der Waals surface area contributed by atoms with Gasteiger partial charge in [0.2, 0.25) is 0 Å². The SMILES string of the molecule is COc1nc(Cl)ccc1[N+](=O)[O-].C[O-].[Na+]. The van der Waals surface area contributed by atoms with E-state index in [4.69, 9.17) is 16.7 Å². The quantitative estimate of drug-likeness (QED) is 0.250. The van der Waals surface area contributed by atoms with E-state index in [1.165, 1.54) is 19.2 Å². The number of nitro groups is 1. The number of pyridine rings is 1. The van der Waals surface area contributed by atoms with E-state index in [1.807, 2.05) is 0 Å². The van der Waals surface area contributed by atoms with E-state index >= 15 is 0 Å². The van der Waals surface area contributed by atoms with Crippen LogP contribution in [0, 0.1) is 10.1 Å². The minimum absolute atomic E-state index is 0. The molecule has 8 heteroatoms. The summed E-state index contributed by atoms with van der Waals surface area (Å²) in [6.45, 7) is 0. The normalized spacial score (nSPS) is 8.00. The van der Waals surface area contributed by atoms with Crippen LogP contribution in [0.25, 0.3) is 0 Å². The zero-order valence-electron chi connectivity index (χ0n) is 8.56. The van der Waals surface area contributed by atoms with Crippen molar-refractivity contribution in [2.24, 2.45) is 0 Å². The summed E-state index contributed by atoms with van der Waals surface area (Å²) in [5, 5.41) is 18.7. The second-order valence-electron chi connectivity index (χ2n) is 1.92. The molecule has 0 atom stereocenters. The van der Waals surface area contributed by atoms with Gasteiger partial charge in [0.1, 0.15) is 5.15 Å². The van der Waals surface area contributed by atoms with Gasteiger partial charge in [-0.2, -0.15) is 12.1 Å². The first-order chi connectivity index (χ1) is 6.65. The molecule has 0 aliphatic heterocycles. The Bertz CT molecular complexity index is 324. The molecule has 1 aromatic rings. The summed E-state index contributed by atoms with van der Waals surface area (Å²) < 4.78 is 4.65. The zero-order chi connectivity index (χ0) is 11.1. The maximum atomic E-state index is 10.3. The molecule has 1 aromatic heterocycles. The smallest absolute Gasteiger partial charge is 0.857 e. The Kier molecular flexibility index (Phi) is 10.1. The van der Waals surface area contributed by atoms with Crippen LogP contribution in [0.2, 0.25) is 5.15 Å². The van der Waals surface area contributed by atoms with Crippen molar-refractivity contribution in [1.82, 2.24) is 4.98 Å². The van der Waals surface area contributed by atoms with Crippen molar-refractivity contribution in [3.05, 3.63) is 27.4 Å². The molecule has 0 N–H and O–H groups in total. The van der Waals surface area contributed by atoms with Crippen molar-refractivity contribution < 1.29 is 44.3 Å². The third kappa shape index (κ3) is 5.29. The van der Waals surface area contributed by atoms with Crippen LogP contribution < -0.4 is 39.4 Å². The first kappa shape index (κ1) is 17.0. The van der Waals surface area contributed by atoms with Crippen LogP contribution in [0.3, 0.4) is 0 Å². The van der Waals surface area contributed by atoms with Gasteiger partial charge in [0.15, 0.2) is 0 Å². The summed E-state index contributed by atoms with van der Waals surface area (Å²) in [5.41, 5.74) is -0.193. The third-order valence-electron chi connectivity index (χ3n) is 1.20. The van der Waals surface area contributed by atoms with Crippen LogP contribution in [0.4, 0.5) is 5.69 Å². The average Bonchev–Trinajstić information content (AvgIpc) is 2.20. The van der Waals surface area contributed by atoms with E-state index < -0.39 is 4.92 Å². The van der Waals surface area contributed by atoms with Gasteiger partial charge in [0.25, 0.3) is 5.88 Å². The molecule has 78 valence electrons. The number of methoxy groups -OCH3 is 1. The average molecular weight is 243 g/mol. The van der Waals surface area contributed by atoms with Gasteiger partial charge in [-0.05, 0) is 6.07 Å². The minimum Gasteiger partial charge on any atom is -0.857 e. The number of aromatic nitrogens is 1. The standard InChI is InChI=1S/C6H5ClN2O3.CH3O.Na/c1-12-6-4(9(10)11)2-3-5(7)8-6;1-2;/h2-3H,1H3;1H3;/q;-1;+1. The number of nitrogens with zero attached hydrogens (tertiary/aromatic N) is 2. The molecule has 1 heterocycles. The van der Waals surface area contributed by atoms with Gasteiger partial charge in [0.05, 0.1) is 12.0 Å². The van der Waals surface area contributed by atoms with E-state index in [2.05, 4.69) is 9.72 Å². The summed E-state index contributed by atoms with van der Waals surface area (Å²) in [6.07, 6.45) is 0. The van der Waals surface area contributed by atoms with Gasteiger partial charge >= 0.3 is 35.2 Å². The van der Waals surface area contributed by atoms with Gasteiger partial charge in [-0.3, -0.25) is 10.1 Å². The van der Waals surface area contributed by atoms with Gasteiger partial charge in [-0.25, -0.2) is 0 Å². The molecular formula is C7H8ClN2NaO4. The van der Waals surface area contributed by atoms with E-state index in [1.54, 1.807) is 0 Å². The Morgan fingerprint density at radius 1 is 1.47 bits per heavy atom. The molecular weight excluding hydrogens is 235 g/mol. The van der Waals surface area contributed by atoms with E-state index in [9.17, 15) is 10.1 Å². The topological polar surface area (TPSA) is 88.3 Å². The molecule has 0 saturated carbocycles. The molecule has 0 unspecified atom stereocenters. The molecule has 0 aliphatic carbocycles. The third-order valence-corrected chi connectivity index (χ3v) is 1.41. The predicted molar refractivity (Wildman–Crippen MR) is 48.4 cm³/mol. The summed E-state index contributed by atoms with van der Waals surface area (Å²) in [5.74, 6) is -0.0764. The fourth-order valence-corrected chi connectivity index (χ4v) is 0.839. The van der Waals surface area contributed by atoms with Crippen molar-refractivity contribution >= 4 is 17.3 Å². The van der Waals surface area contributed by atoms with Crippen LogP contribution in [0.15, 0.2) is 12.1 Å². The second kappa shape index (κ2) is 8.87. The molecule has 15 heavy (non-hydrogen) atoms. The van der Waals surface area contributed by atoms with E-state index in [-0.39, 0.29) is 46.3 Å². The van der Waals surface area contributed by atoms with Crippen molar-refractivity contribution in [2.75, 3.05) is 14.2 Å². The molecule has 0 saturated heterocycles. The van der Waals surface area contributed by atoms with E-state index in [0.717, 1.165) is 7.11 Å². The number of halogens is 1. The largest absolute Gasteiger partial charge is 1.00 e. The van der Waals surface area contributed by atoms with Gasteiger partial charge < -0.3 is 9.84 Å². The molecule has 0 aliphatic rings. The van der Waals surface area contributed by atoms with E-state index in [0.29, 0.717) is 0 Å². The Balaban J connectivity index is 0. The summed E-state index contributed by atoms with van der Waals surface area (Å²) in [6, 6.07) is 2.58. The Hall–Kier alpha value is -0.400. The summed E-state index contributed by atoms with van der Waals surface area (Å²) in [4.78, 5) is 13.4. The van der Waals surface area contributed by atoms with Crippen molar-refractivity contribution in [2.45, 2.75) is 0 Å². The summed E-state index contributed by atoms with van der Waals surface area (Å²) >= 11 is 5.49. The second-order valence-corrected chi connectivity index (χ2v) is 2.31. The molecule has 0 spiro atoms. The first-order valence-electron chi connectivity index (χ1n) is 3.41. The molecule has 6 nitrogen and oxygen atoms in total. The van der Waals surface area contributed by atoms with Crippen LogP contribution in [-0.4, -0.2) is 24.1 Å². The van der Waals surface area contributed by atoms with Crippen molar-refractivity contribution in [1.29, 1.82) is 0 Å². The Morgan fingerprint density at radius 3 is 2.40 bits per heavy atom. The molecule has 1 rings (SSSR count). The zero-order valence-corrected chi connectivity index (χ0v) is 11.3. The fourth-order valence-electron chi connectivity index (χ4n) is 0.700. The van der Waals surface area contributed by atoms with Crippen LogP contribution in [-0.2, 0) is 0 Å². The van der Waals surface area contributed by atoms with Gasteiger partial charge in [-0.15, -0.1) is 0 Å². The number of ether oxygens (including phenoxy) is 1. The maximum absolute atomic E-state index is 10.3. The first-order valence-corrected chi connectivity index (χ1v) is 3.78. The number of hydrogen-bond donors (Lipinski definition) is 0. The van der Waals surface area contributed by atoms with Crippen molar-refractivity contribution in [3.8, 4) is 5.88 Å². The molecule has 0 radical (unpaired) electrons. The van der Waals surface area contributed by atoms with Gasteiger partial charge in [0, 0.05) is 6.07 Å². The Labute approximate surface area is 114 Å². The monoisotopic (exact) mass is 242 g/mol. The molecule has 0 amide bonds. The number of hydrogen-bond acceptors (Lipinski definition) is 5.